The summed E-state index contributed by atoms with van der Waals surface area (Å²) in [4.78, 5) is 13.3. The normalized spacial score (nSPS) is 12.0. The van der Waals surface area contributed by atoms with Gasteiger partial charge in [0.15, 0.2) is 0 Å². The Morgan fingerprint density at radius 1 is 1.17 bits per heavy atom. The van der Waals surface area contributed by atoms with Crippen molar-refractivity contribution in [2.75, 3.05) is 6.54 Å². The molecule has 0 bridgehead atoms. The van der Waals surface area contributed by atoms with Gasteiger partial charge in [0.25, 0.3) is 0 Å². The minimum atomic E-state index is -0.247. The van der Waals surface area contributed by atoms with Crippen LogP contribution in [0.4, 0.5) is 4.39 Å². The first-order chi connectivity index (χ1) is 11.1. The Morgan fingerprint density at radius 3 is 2.43 bits per heavy atom. The van der Waals surface area contributed by atoms with E-state index >= 15 is 0 Å². The van der Waals surface area contributed by atoms with Gasteiger partial charge in [-0.15, -0.1) is 11.8 Å². The van der Waals surface area contributed by atoms with Gasteiger partial charge in [0.05, 0.1) is 5.25 Å². The Balaban J connectivity index is 1.82. The number of amides is 1. The highest BCUT2D eigenvalue weighted by molar-refractivity contribution is 8.00. The molecule has 0 radical (unpaired) electrons. The number of halogens is 2. The first-order valence-corrected chi connectivity index (χ1v) is 8.78. The topological polar surface area (TPSA) is 29.1 Å². The van der Waals surface area contributed by atoms with Gasteiger partial charge in [-0.25, -0.2) is 4.39 Å². The van der Waals surface area contributed by atoms with Crippen molar-refractivity contribution in [3.8, 4) is 0 Å². The third-order valence-corrected chi connectivity index (χ3v) is 5.01. The van der Waals surface area contributed by atoms with Gasteiger partial charge in [0.2, 0.25) is 5.91 Å². The van der Waals surface area contributed by atoms with Crippen LogP contribution in [0.3, 0.4) is 0 Å². The molecular formula is C18H19ClFNOS. The fraction of sp³-hybridized carbons (Fsp3) is 0.278. The number of rotatable bonds is 7. The van der Waals surface area contributed by atoms with Gasteiger partial charge < -0.3 is 5.32 Å². The zero-order valence-electron chi connectivity index (χ0n) is 12.9. The van der Waals surface area contributed by atoms with Crippen LogP contribution in [0.2, 0.25) is 5.02 Å². The predicted octanol–water partition coefficient (Wildman–Crippen LogP) is 4.71. The highest BCUT2D eigenvalue weighted by Gasteiger charge is 2.17. The molecule has 0 saturated heterocycles. The first kappa shape index (κ1) is 17.8. The SMILES string of the molecule is CCC(Sc1ccc(Cl)cc1)C(=O)NCCc1ccc(F)cc1. The molecule has 0 aliphatic rings. The zero-order valence-corrected chi connectivity index (χ0v) is 14.5. The number of benzene rings is 2. The standard InChI is InChI=1S/C18H19ClFNOS/c1-2-17(23-16-9-5-14(19)6-10-16)18(22)21-12-11-13-3-7-15(20)8-4-13/h3-10,17H,2,11-12H2,1H3,(H,21,22). The summed E-state index contributed by atoms with van der Waals surface area (Å²) in [6.45, 7) is 2.54. The van der Waals surface area contributed by atoms with Crippen molar-refractivity contribution in [1.82, 2.24) is 5.32 Å². The Kier molecular flexibility index (Phi) is 6.93. The second-order valence-corrected chi connectivity index (χ2v) is 6.85. The second-order valence-electron chi connectivity index (χ2n) is 5.14. The second kappa shape index (κ2) is 8.94. The molecule has 0 aromatic heterocycles. The average Bonchev–Trinajstić information content (AvgIpc) is 2.56. The molecule has 0 spiro atoms. The van der Waals surface area contributed by atoms with Gasteiger partial charge in [-0.05, 0) is 54.8 Å². The van der Waals surface area contributed by atoms with E-state index in [1.807, 2.05) is 31.2 Å². The molecule has 0 fully saturated rings. The number of carbonyl (C=O) groups is 1. The average molecular weight is 352 g/mol. The number of nitrogens with one attached hydrogen (secondary N) is 1. The molecule has 1 unspecified atom stereocenters. The number of carbonyl (C=O) groups excluding carboxylic acids is 1. The molecule has 2 aromatic carbocycles. The van der Waals surface area contributed by atoms with Gasteiger partial charge >= 0.3 is 0 Å². The third-order valence-electron chi connectivity index (χ3n) is 3.38. The van der Waals surface area contributed by atoms with E-state index < -0.39 is 0 Å². The maximum absolute atomic E-state index is 12.8. The van der Waals surface area contributed by atoms with Gasteiger partial charge in [-0.3, -0.25) is 4.79 Å². The van der Waals surface area contributed by atoms with E-state index in [9.17, 15) is 9.18 Å². The third kappa shape index (κ3) is 5.88. The van der Waals surface area contributed by atoms with Crippen LogP contribution < -0.4 is 5.32 Å². The summed E-state index contributed by atoms with van der Waals surface area (Å²) in [6.07, 6.45) is 1.43. The molecule has 122 valence electrons. The minimum Gasteiger partial charge on any atom is -0.355 e. The largest absolute Gasteiger partial charge is 0.355 e. The van der Waals surface area contributed by atoms with E-state index in [2.05, 4.69) is 5.32 Å². The predicted molar refractivity (Wildman–Crippen MR) is 94.5 cm³/mol. The molecule has 0 heterocycles. The summed E-state index contributed by atoms with van der Waals surface area (Å²) in [5.41, 5.74) is 1.00. The fourth-order valence-corrected chi connectivity index (χ4v) is 3.20. The van der Waals surface area contributed by atoms with Crippen LogP contribution in [0, 0.1) is 5.82 Å². The highest BCUT2D eigenvalue weighted by Crippen LogP contribution is 2.26. The lowest BCUT2D eigenvalue weighted by Crippen LogP contribution is -2.33. The molecule has 0 aliphatic heterocycles. The first-order valence-electron chi connectivity index (χ1n) is 7.53. The van der Waals surface area contributed by atoms with Gasteiger partial charge in [0.1, 0.15) is 5.82 Å². The summed E-state index contributed by atoms with van der Waals surface area (Å²) in [5.74, 6) is -0.224. The van der Waals surface area contributed by atoms with Gasteiger partial charge in [-0.2, -0.15) is 0 Å². The monoisotopic (exact) mass is 351 g/mol. The van der Waals surface area contributed by atoms with Crippen molar-refractivity contribution in [2.24, 2.45) is 0 Å². The number of hydrogen-bond donors (Lipinski definition) is 1. The molecule has 1 amide bonds. The quantitative estimate of drug-likeness (QED) is 0.732. The Morgan fingerprint density at radius 2 is 1.83 bits per heavy atom. The highest BCUT2D eigenvalue weighted by atomic mass is 35.5. The van der Waals surface area contributed by atoms with Crippen LogP contribution in [0.1, 0.15) is 18.9 Å². The number of thioether (sulfide) groups is 1. The molecule has 2 aromatic rings. The summed E-state index contributed by atoms with van der Waals surface area (Å²) < 4.78 is 12.8. The van der Waals surface area contributed by atoms with E-state index in [1.54, 1.807) is 12.1 Å². The molecule has 23 heavy (non-hydrogen) atoms. The fourth-order valence-electron chi connectivity index (χ4n) is 2.09. The van der Waals surface area contributed by atoms with E-state index in [0.29, 0.717) is 18.0 Å². The van der Waals surface area contributed by atoms with Crippen molar-refractivity contribution >= 4 is 29.3 Å². The molecule has 1 atom stereocenters. The molecule has 2 nitrogen and oxygen atoms in total. The summed E-state index contributed by atoms with van der Waals surface area (Å²) in [7, 11) is 0. The van der Waals surface area contributed by atoms with Crippen LogP contribution >= 0.6 is 23.4 Å². The molecule has 1 N–H and O–H groups in total. The van der Waals surface area contributed by atoms with Crippen LogP contribution in [0.15, 0.2) is 53.4 Å². The van der Waals surface area contributed by atoms with Crippen LogP contribution in [0.5, 0.6) is 0 Å². The Hall–Kier alpha value is -1.52. The van der Waals surface area contributed by atoms with E-state index in [4.69, 9.17) is 11.6 Å². The molecule has 2 rings (SSSR count). The minimum absolute atomic E-state index is 0.0227. The van der Waals surface area contributed by atoms with Crippen LogP contribution in [-0.4, -0.2) is 17.7 Å². The maximum Gasteiger partial charge on any atom is 0.233 e. The molecule has 5 heteroatoms. The molecule has 0 saturated carbocycles. The van der Waals surface area contributed by atoms with Crippen LogP contribution in [-0.2, 0) is 11.2 Å². The van der Waals surface area contributed by atoms with E-state index in [-0.39, 0.29) is 17.0 Å². The van der Waals surface area contributed by atoms with Crippen molar-refractivity contribution < 1.29 is 9.18 Å². The van der Waals surface area contributed by atoms with Crippen molar-refractivity contribution in [2.45, 2.75) is 29.9 Å². The van der Waals surface area contributed by atoms with Gasteiger partial charge in [-0.1, -0.05) is 30.7 Å². The summed E-state index contributed by atoms with van der Waals surface area (Å²) in [6, 6.07) is 13.8. The van der Waals surface area contributed by atoms with Crippen LogP contribution in [0.25, 0.3) is 0 Å². The number of hydrogen-bond acceptors (Lipinski definition) is 2. The maximum atomic E-state index is 12.8. The van der Waals surface area contributed by atoms with Crippen molar-refractivity contribution in [1.29, 1.82) is 0 Å². The lowest BCUT2D eigenvalue weighted by Gasteiger charge is -2.15. The van der Waals surface area contributed by atoms with Crippen molar-refractivity contribution in [3.63, 3.8) is 0 Å². The van der Waals surface area contributed by atoms with E-state index in [0.717, 1.165) is 16.9 Å². The lowest BCUT2D eigenvalue weighted by molar-refractivity contribution is -0.120. The molecule has 0 aliphatic carbocycles. The smallest absolute Gasteiger partial charge is 0.233 e. The Bertz CT molecular complexity index is 630. The van der Waals surface area contributed by atoms with Gasteiger partial charge in [0, 0.05) is 16.5 Å². The lowest BCUT2D eigenvalue weighted by atomic mass is 10.1. The summed E-state index contributed by atoms with van der Waals surface area (Å²) in [5, 5.41) is 3.50. The molecular weight excluding hydrogens is 333 g/mol. The Labute approximate surface area is 145 Å². The summed E-state index contributed by atoms with van der Waals surface area (Å²) >= 11 is 7.40. The van der Waals surface area contributed by atoms with E-state index in [1.165, 1.54) is 23.9 Å². The zero-order chi connectivity index (χ0) is 16.7. The van der Waals surface area contributed by atoms with Crippen molar-refractivity contribution in [3.05, 3.63) is 64.9 Å².